The number of nitrogens with zero attached hydrogens (tertiary/aromatic N) is 1. The third-order valence-corrected chi connectivity index (χ3v) is 2.69. The van der Waals surface area contributed by atoms with E-state index in [1.165, 1.54) is 6.20 Å². The van der Waals surface area contributed by atoms with Crippen LogP contribution in [-0.2, 0) is 6.54 Å². The average molecular weight is 262 g/mol. The molecule has 0 spiro atoms. The Morgan fingerprint density at radius 2 is 1.94 bits per heavy atom. The molecule has 0 unspecified atom stereocenters. The molecule has 0 saturated heterocycles. The number of anilines is 1. The number of hydrogen-bond acceptors (Lipinski definition) is 3. The highest BCUT2D eigenvalue weighted by Crippen LogP contribution is 2.11. The molecule has 0 bridgehead atoms. The van der Waals surface area contributed by atoms with Crippen molar-refractivity contribution in [2.75, 3.05) is 5.32 Å². The molecule has 0 aliphatic rings. The summed E-state index contributed by atoms with van der Waals surface area (Å²) in [6, 6.07) is 10.9. The van der Waals surface area contributed by atoms with Gasteiger partial charge in [0.25, 0.3) is 0 Å². The molecule has 1 amide bonds. The number of carbonyl (C=O) groups excluding carboxylic acids is 1. The van der Waals surface area contributed by atoms with Gasteiger partial charge in [-0.25, -0.2) is 4.98 Å². The van der Waals surface area contributed by atoms with Crippen molar-refractivity contribution in [2.24, 2.45) is 5.73 Å². The van der Waals surface area contributed by atoms with Crippen LogP contribution in [0.2, 0.25) is 5.02 Å². The van der Waals surface area contributed by atoms with Gasteiger partial charge in [0.05, 0.1) is 5.56 Å². The summed E-state index contributed by atoms with van der Waals surface area (Å²) in [4.78, 5) is 15.0. The summed E-state index contributed by atoms with van der Waals surface area (Å²) in [5, 5.41) is 3.85. The van der Waals surface area contributed by atoms with E-state index < -0.39 is 5.91 Å². The number of rotatable bonds is 4. The molecule has 0 aliphatic carbocycles. The van der Waals surface area contributed by atoms with Crippen LogP contribution in [0.3, 0.4) is 0 Å². The first-order valence-corrected chi connectivity index (χ1v) is 5.77. The van der Waals surface area contributed by atoms with Crippen molar-refractivity contribution in [1.29, 1.82) is 0 Å². The first kappa shape index (κ1) is 12.4. The molecule has 2 aromatic rings. The Morgan fingerprint density at radius 3 is 2.50 bits per heavy atom. The Kier molecular flexibility index (Phi) is 3.79. The molecule has 18 heavy (non-hydrogen) atoms. The van der Waals surface area contributed by atoms with E-state index in [-0.39, 0.29) is 0 Å². The van der Waals surface area contributed by atoms with E-state index in [1.54, 1.807) is 12.1 Å². The molecule has 0 aliphatic heterocycles. The third kappa shape index (κ3) is 3.21. The maximum absolute atomic E-state index is 10.9. The van der Waals surface area contributed by atoms with Gasteiger partial charge in [0, 0.05) is 17.8 Å². The molecule has 1 heterocycles. The lowest BCUT2D eigenvalue weighted by molar-refractivity contribution is 0.1000. The smallest absolute Gasteiger partial charge is 0.250 e. The minimum atomic E-state index is -0.480. The van der Waals surface area contributed by atoms with Crippen LogP contribution in [0.1, 0.15) is 15.9 Å². The predicted octanol–water partition coefficient (Wildman–Crippen LogP) is 2.45. The summed E-state index contributed by atoms with van der Waals surface area (Å²) >= 11 is 5.80. The topological polar surface area (TPSA) is 68.0 Å². The highest BCUT2D eigenvalue weighted by atomic mass is 35.5. The maximum atomic E-state index is 10.9. The van der Waals surface area contributed by atoms with Crippen molar-refractivity contribution >= 4 is 23.3 Å². The van der Waals surface area contributed by atoms with Crippen LogP contribution in [0.25, 0.3) is 0 Å². The average Bonchev–Trinajstić information content (AvgIpc) is 2.38. The number of primary amides is 1. The molecule has 0 saturated carbocycles. The molecule has 3 N–H and O–H groups in total. The van der Waals surface area contributed by atoms with Gasteiger partial charge < -0.3 is 11.1 Å². The Labute approximate surface area is 110 Å². The quantitative estimate of drug-likeness (QED) is 0.888. The normalized spacial score (nSPS) is 10.1. The Balaban J connectivity index is 1.97. The SMILES string of the molecule is NC(=O)c1ccc(NCc2ccc(Cl)cc2)nc1. The van der Waals surface area contributed by atoms with Crippen molar-refractivity contribution < 1.29 is 4.79 Å². The third-order valence-electron chi connectivity index (χ3n) is 2.43. The van der Waals surface area contributed by atoms with E-state index in [4.69, 9.17) is 17.3 Å². The van der Waals surface area contributed by atoms with Gasteiger partial charge in [0.2, 0.25) is 5.91 Å². The number of carbonyl (C=O) groups is 1. The number of pyridine rings is 1. The molecule has 1 aromatic carbocycles. The summed E-state index contributed by atoms with van der Waals surface area (Å²) < 4.78 is 0. The van der Waals surface area contributed by atoms with Crippen molar-refractivity contribution in [3.63, 3.8) is 0 Å². The standard InChI is InChI=1S/C13H12ClN3O/c14-11-4-1-9(2-5-11)7-16-12-6-3-10(8-17-12)13(15)18/h1-6,8H,7H2,(H2,15,18)(H,16,17). The van der Waals surface area contributed by atoms with Gasteiger partial charge in [-0.15, -0.1) is 0 Å². The predicted molar refractivity (Wildman–Crippen MR) is 71.5 cm³/mol. The Morgan fingerprint density at radius 1 is 1.22 bits per heavy atom. The lowest BCUT2D eigenvalue weighted by Crippen LogP contribution is -2.11. The number of hydrogen-bond donors (Lipinski definition) is 2. The summed E-state index contributed by atoms with van der Waals surface area (Å²) in [5.41, 5.74) is 6.62. The van der Waals surface area contributed by atoms with E-state index in [2.05, 4.69) is 10.3 Å². The zero-order valence-electron chi connectivity index (χ0n) is 9.56. The maximum Gasteiger partial charge on any atom is 0.250 e. The zero-order valence-corrected chi connectivity index (χ0v) is 10.3. The summed E-state index contributed by atoms with van der Waals surface area (Å²) in [7, 11) is 0. The molecule has 0 atom stereocenters. The number of nitrogens with two attached hydrogens (primary N) is 1. The second-order valence-corrected chi connectivity index (χ2v) is 4.21. The Bertz CT molecular complexity index is 537. The molecule has 92 valence electrons. The van der Waals surface area contributed by atoms with E-state index in [9.17, 15) is 4.79 Å². The lowest BCUT2D eigenvalue weighted by Gasteiger charge is -2.06. The van der Waals surface area contributed by atoms with E-state index in [0.29, 0.717) is 22.9 Å². The van der Waals surface area contributed by atoms with Gasteiger partial charge in [0.1, 0.15) is 5.82 Å². The number of aromatic nitrogens is 1. The number of nitrogens with one attached hydrogen (secondary N) is 1. The fourth-order valence-corrected chi connectivity index (χ4v) is 1.57. The molecular weight excluding hydrogens is 250 g/mol. The second-order valence-electron chi connectivity index (χ2n) is 3.78. The van der Waals surface area contributed by atoms with Gasteiger partial charge in [-0.3, -0.25) is 4.79 Å². The highest BCUT2D eigenvalue weighted by molar-refractivity contribution is 6.30. The molecule has 1 aromatic heterocycles. The van der Waals surface area contributed by atoms with Crippen LogP contribution >= 0.6 is 11.6 Å². The fraction of sp³-hybridized carbons (Fsp3) is 0.0769. The van der Waals surface area contributed by atoms with Crippen LogP contribution in [0.4, 0.5) is 5.82 Å². The van der Waals surface area contributed by atoms with E-state index in [1.807, 2.05) is 24.3 Å². The van der Waals surface area contributed by atoms with Crippen molar-refractivity contribution in [2.45, 2.75) is 6.54 Å². The monoisotopic (exact) mass is 261 g/mol. The fourth-order valence-electron chi connectivity index (χ4n) is 1.44. The minimum Gasteiger partial charge on any atom is -0.366 e. The zero-order chi connectivity index (χ0) is 13.0. The van der Waals surface area contributed by atoms with Crippen LogP contribution in [0.15, 0.2) is 42.6 Å². The highest BCUT2D eigenvalue weighted by Gasteiger charge is 2.00. The van der Waals surface area contributed by atoms with Gasteiger partial charge in [0.15, 0.2) is 0 Å². The van der Waals surface area contributed by atoms with Crippen molar-refractivity contribution in [1.82, 2.24) is 4.98 Å². The summed E-state index contributed by atoms with van der Waals surface area (Å²) in [5.74, 6) is 0.210. The van der Waals surface area contributed by atoms with Crippen molar-refractivity contribution in [3.8, 4) is 0 Å². The van der Waals surface area contributed by atoms with Crippen LogP contribution < -0.4 is 11.1 Å². The molecule has 2 rings (SSSR count). The first-order valence-electron chi connectivity index (χ1n) is 5.39. The number of halogens is 1. The largest absolute Gasteiger partial charge is 0.366 e. The molecular formula is C13H12ClN3O. The minimum absolute atomic E-state index is 0.395. The van der Waals surface area contributed by atoms with Gasteiger partial charge in [-0.2, -0.15) is 0 Å². The van der Waals surface area contributed by atoms with Gasteiger partial charge in [-0.1, -0.05) is 23.7 Å². The first-order chi connectivity index (χ1) is 8.65. The summed E-state index contributed by atoms with van der Waals surface area (Å²) in [6.07, 6.45) is 1.45. The molecule has 4 nitrogen and oxygen atoms in total. The number of amides is 1. The lowest BCUT2D eigenvalue weighted by atomic mass is 10.2. The second kappa shape index (κ2) is 5.51. The summed E-state index contributed by atoms with van der Waals surface area (Å²) in [6.45, 7) is 0.639. The van der Waals surface area contributed by atoms with Crippen molar-refractivity contribution in [3.05, 3.63) is 58.7 Å². The molecule has 0 radical (unpaired) electrons. The molecule has 0 fully saturated rings. The van der Waals surface area contributed by atoms with Crippen LogP contribution in [0, 0.1) is 0 Å². The van der Waals surface area contributed by atoms with E-state index in [0.717, 1.165) is 5.56 Å². The molecule has 5 heteroatoms. The Hall–Kier alpha value is -2.07. The van der Waals surface area contributed by atoms with Gasteiger partial charge in [-0.05, 0) is 29.8 Å². The van der Waals surface area contributed by atoms with Crippen LogP contribution in [0.5, 0.6) is 0 Å². The van der Waals surface area contributed by atoms with Gasteiger partial charge >= 0.3 is 0 Å². The number of benzene rings is 1. The van der Waals surface area contributed by atoms with Crippen LogP contribution in [-0.4, -0.2) is 10.9 Å². The van der Waals surface area contributed by atoms with E-state index >= 15 is 0 Å².